The van der Waals surface area contributed by atoms with Crippen LogP contribution in [0, 0.1) is 0 Å². The summed E-state index contributed by atoms with van der Waals surface area (Å²) < 4.78 is 0. The van der Waals surface area contributed by atoms with Gasteiger partial charge in [-0.15, -0.1) is 0 Å². The zero-order chi connectivity index (χ0) is 26.4. The maximum Gasteiger partial charge on any atom is 0.279 e. The van der Waals surface area contributed by atoms with Crippen LogP contribution in [0.15, 0.2) is 67.1 Å². The van der Waals surface area contributed by atoms with Crippen LogP contribution >= 0.6 is 0 Å². The first-order chi connectivity index (χ1) is 17.8. The molecule has 7 nitrogen and oxygen atoms in total. The first kappa shape index (κ1) is 26.2. The van der Waals surface area contributed by atoms with Crippen LogP contribution in [0.25, 0.3) is 0 Å². The lowest BCUT2D eigenvalue weighted by atomic mass is 9.94. The predicted molar refractivity (Wildman–Crippen MR) is 144 cm³/mol. The summed E-state index contributed by atoms with van der Waals surface area (Å²) in [4.78, 5) is 49.5. The lowest BCUT2D eigenvalue weighted by Gasteiger charge is -2.33. The smallest absolute Gasteiger partial charge is 0.279 e. The van der Waals surface area contributed by atoms with Gasteiger partial charge in [0.25, 0.3) is 5.91 Å². The third kappa shape index (κ3) is 6.28. The maximum atomic E-state index is 14.0. The fourth-order valence-corrected chi connectivity index (χ4v) is 4.78. The molecule has 1 aliphatic rings. The van der Waals surface area contributed by atoms with E-state index in [0.717, 1.165) is 31.2 Å². The number of ketones is 1. The standard InChI is InChI=1S/C30H34N4O3/c1-20(2)22-9-11-24(12-10-22)28(29(36)33-25-7-5-4-6-8-25)34(30(37)27-19-31-17-18-32-27)26-15-13-23(14-16-26)21(3)35/h9-20,25,28H,4-8H2,1-3H3,(H,33,36)/t28-/m1/s1. The molecule has 0 spiro atoms. The topological polar surface area (TPSA) is 92.3 Å². The molecule has 1 aromatic heterocycles. The Kier molecular flexibility index (Phi) is 8.43. The van der Waals surface area contributed by atoms with Gasteiger partial charge in [-0.3, -0.25) is 24.3 Å². The number of anilines is 1. The second-order valence-electron chi connectivity index (χ2n) is 9.94. The first-order valence-electron chi connectivity index (χ1n) is 13.0. The summed E-state index contributed by atoms with van der Waals surface area (Å²) in [6.45, 7) is 5.72. The molecular weight excluding hydrogens is 464 g/mol. The van der Waals surface area contributed by atoms with E-state index >= 15 is 0 Å². The molecule has 2 amide bonds. The van der Waals surface area contributed by atoms with Gasteiger partial charge in [-0.1, -0.05) is 57.4 Å². The van der Waals surface area contributed by atoms with E-state index in [1.54, 1.807) is 24.3 Å². The molecule has 1 aliphatic carbocycles. The number of nitrogens with one attached hydrogen (secondary N) is 1. The lowest BCUT2D eigenvalue weighted by Crippen LogP contribution is -2.47. The average Bonchev–Trinajstić information content (AvgIpc) is 2.92. The van der Waals surface area contributed by atoms with Crippen LogP contribution in [0.2, 0.25) is 0 Å². The van der Waals surface area contributed by atoms with Crippen LogP contribution in [0.4, 0.5) is 5.69 Å². The van der Waals surface area contributed by atoms with E-state index in [-0.39, 0.29) is 23.4 Å². The van der Waals surface area contributed by atoms with E-state index in [1.165, 1.54) is 36.8 Å². The summed E-state index contributed by atoms with van der Waals surface area (Å²) in [6, 6.07) is 13.7. The molecule has 0 aliphatic heterocycles. The van der Waals surface area contributed by atoms with Gasteiger partial charge in [-0.25, -0.2) is 4.98 Å². The molecular formula is C30H34N4O3. The molecule has 0 bridgehead atoms. The molecule has 2 aromatic carbocycles. The Balaban J connectivity index is 1.81. The Bertz CT molecular complexity index is 1220. The van der Waals surface area contributed by atoms with Crippen LogP contribution in [0.1, 0.15) is 96.8 Å². The second-order valence-corrected chi connectivity index (χ2v) is 9.94. The van der Waals surface area contributed by atoms with Crippen LogP contribution < -0.4 is 10.2 Å². The van der Waals surface area contributed by atoms with Gasteiger partial charge in [-0.05, 0) is 61.1 Å². The Labute approximate surface area is 218 Å². The van der Waals surface area contributed by atoms with Gasteiger partial charge >= 0.3 is 0 Å². The quantitative estimate of drug-likeness (QED) is 0.406. The van der Waals surface area contributed by atoms with Crippen molar-refractivity contribution in [2.75, 3.05) is 4.90 Å². The highest BCUT2D eigenvalue weighted by molar-refractivity contribution is 6.09. The Hall–Kier alpha value is -3.87. The number of amides is 2. The number of hydrogen-bond donors (Lipinski definition) is 1. The Morgan fingerprint density at radius 1 is 0.892 bits per heavy atom. The van der Waals surface area contributed by atoms with Crippen LogP contribution in [0.3, 0.4) is 0 Å². The highest BCUT2D eigenvalue weighted by Gasteiger charge is 2.35. The van der Waals surface area contributed by atoms with E-state index in [1.807, 2.05) is 24.3 Å². The van der Waals surface area contributed by atoms with E-state index in [9.17, 15) is 14.4 Å². The van der Waals surface area contributed by atoms with Crippen molar-refractivity contribution < 1.29 is 14.4 Å². The van der Waals surface area contributed by atoms with E-state index < -0.39 is 11.9 Å². The summed E-state index contributed by atoms with van der Waals surface area (Å²) in [5.41, 5.74) is 3.00. The molecule has 0 saturated heterocycles. The van der Waals surface area contributed by atoms with Crippen molar-refractivity contribution in [3.05, 3.63) is 89.5 Å². The molecule has 7 heteroatoms. The number of Topliss-reactive ketones (excluding diaryl/α,β-unsaturated/α-hetero) is 1. The highest BCUT2D eigenvalue weighted by atomic mass is 16.2. The summed E-state index contributed by atoms with van der Waals surface area (Å²) in [6.07, 6.45) is 9.54. The molecule has 1 atom stereocenters. The second kappa shape index (κ2) is 11.9. The average molecular weight is 499 g/mol. The molecule has 192 valence electrons. The van der Waals surface area contributed by atoms with Crippen molar-refractivity contribution in [2.45, 2.75) is 70.9 Å². The van der Waals surface area contributed by atoms with Gasteiger partial charge in [0.15, 0.2) is 5.78 Å². The predicted octanol–water partition coefficient (Wildman–Crippen LogP) is 5.64. The van der Waals surface area contributed by atoms with Crippen molar-refractivity contribution in [3.8, 4) is 0 Å². The number of aromatic nitrogens is 2. The molecule has 1 saturated carbocycles. The molecule has 1 N–H and O–H groups in total. The van der Waals surface area contributed by atoms with Gasteiger partial charge in [-0.2, -0.15) is 0 Å². The number of benzene rings is 2. The molecule has 1 heterocycles. The maximum absolute atomic E-state index is 14.0. The summed E-state index contributed by atoms with van der Waals surface area (Å²) in [5.74, 6) is -0.424. The van der Waals surface area contributed by atoms with Gasteiger partial charge in [0.2, 0.25) is 5.91 Å². The van der Waals surface area contributed by atoms with Crippen LogP contribution in [-0.4, -0.2) is 33.6 Å². The number of hydrogen-bond acceptors (Lipinski definition) is 5. The number of rotatable bonds is 8. The summed E-state index contributed by atoms with van der Waals surface area (Å²) in [7, 11) is 0. The molecule has 4 rings (SSSR count). The molecule has 37 heavy (non-hydrogen) atoms. The van der Waals surface area contributed by atoms with E-state index in [2.05, 4.69) is 29.1 Å². The van der Waals surface area contributed by atoms with Crippen LogP contribution in [-0.2, 0) is 4.79 Å². The van der Waals surface area contributed by atoms with Crippen molar-refractivity contribution >= 4 is 23.3 Å². The third-order valence-corrected chi connectivity index (χ3v) is 6.93. The zero-order valence-electron chi connectivity index (χ0n) is 21.7. The molecule has 1 fully saturated rings. The molecule has 0 unspecified atom stereocenters. The van der Waals surface area contributed by atoms with E-state index in [4.69, 9.17) is 0 Å². The number of carbonyl (C=O) groups is 3. The van der Waals surface area contributed by atoms with Crippen molar-refractivity contribution in [3.63, 3.8) is 0 Å². The Morgan fingerprint density at radius 3 is 2.11 bits per heavy atom. The minimum atomic E-state index is -0.930. The fourth-order valence-electron chi connectivity index (χ4n) is 4.78. The lowest BCUT2D eigenvalue weighted by molar-refractivity contribution is -0.123. The monoisotopic (exact) mass is 498 g/mol. The van der Waals surface area contributed by atoms with Gasteiger partial charge in [0.05, 0.1) is 6.20 Å². The minimum absolute atomic E-state index is 0.0748. The number of carbonyl (C=O) groups excluding carboxylic acids is 3. The largest absolute Gasteiger partial charge is 0.351 e. The van der Waals surface area contributed by atoms with Crippen molar-refractivity contribution in [1.29, 1.82) is 0 Å². The minimum Gasteiger partial charge on any atom is -0.351 e. The molecule has 3 aromatic rings. The number of nitrogens with zero attached hydrogens (tertiary/aromatic N) is 3. The summed E-state index contributed by atoms with van der Waals surface area (Å²) in [5, 5.41) is 3.22. The zero-order valence-corrected chi connectivity index (χ0v) is 21.7. The fraction of sp³-hybridized carbons (Fsp3) is 0.367. The van der Waals surface area contributed by atoms with Crippen molar-refractivity contribution in [1.82, 2.24) is 15.3 Å². The SMILES string of the molecule is CC(=O)c1ccc(N(C(=O)c2cnccn2)[C@@H](C(=O)NC2CCCCC2)c2ccc(C(C)C)cc2)cc1. The van der Waals surface area contributed by atoms with E-state index in [0.29, 0.717) is 22.7 Å². The Morgan fingerprint density at radius 2 is 1.54 bits per heavy atom. The first-order valence-corrected chi connectivity index (χ1v) is 13.0. The molecule has 0 radical (unpaired) electrons. The van der Waals surface area contributed by atoms with Gasteiger partial charge in [0.1, 0.15) is 11.7 Å². The normalized spacial score (nSPS) is 14.7. The summed E-state index contributed by atoms with van der Waals surface area (Å²) >= 11 is 0. The van der Waals surface area contributed by atoms with Crippen molar-refractivity contribution in [2.24, 2.45) is 0 Å². The highest BCUT2D eigenvalue weighted by Crippen LogP contribution is 2.31. The van der Waals surface area contributed by atoms with Crippen LogP contribution in [0.5, 0.6) is 0 Å². The van der Waals surface area contributed by atoms with Gasteiger partial charge in [0, 0.05) is 29.7 Å². The van der Waals surface area contributed by atoms with Gasteiger partial charge < -0.3 is 5.32 Å². The third-order valence-electron chi connectivity index (χ3n) is 6.93.